The highest BCUT2D eigenvalue weighted by Crippen LogP contribution is 2.22. The number of nitrogens with two attached hydrogens (primary N) is 1. The third-order valence-electron chi connectivity index (χ3n) is 2.42. The molecule has 1 aromatic rings. The van der Waals surface area contributed by atoms with E-state index in [0.717, 1.165) is 18.7 Å². The van der Waals surface area contributed by atoms with E-state index in [2.05, 4.69) is 10.0 Å². The SMILES string of the molecule is CNS(=O)(=O)c1ccc(NCCCOC)cc1N. The zero-order valence-corrected chi connectivity index (χ0v) is 11.4. The Morgan fingerprint density at radius 1 is 1.39 bits per heavy atom. The maximum Gasteiger partial charge on any atom is 0.242 e. The number of nitrogens with one attached hydrogen (secondary N) is 2. The summed E-state index contributed by atoms with van der Waals surface area (Å²) in [6.07, 6.45) is 0.868. The molecule has 0 aliphatic rings. The summed E-state index contributed by atoms with van der Waals surface area (Å²) in [5, 5.41) is 3.14. The van der Waals surface area contributed by atoms with E-state index in [0.29, 0.717) is 6.61 Å². The van der Waals surface area contributed by atoms with Gasteiger partial charge >= 0.3 is 0 Å². The minimum absolute atomic E-state index is 0.0902. The number of nitrogen functional groups attached to an aromatic ring is 1. The lowest BCUT2D eigenvalue weighted by Crippen LogP contribution is -2.20. The molecule has 6 nitrogen and oxygen atoms in total. The normalized spacial score (nSPS) is 11.4. The molecule has 0 fully saturated rings. The van der Waals surface area contributed by atoms with Crippen LogP contribution in [0.1, 0.15) is 6.42 Å². The van der Waals surface area contributed by atoms with E-state index in [4.69, 9.17) is 10.5 Å². The van der Waals surface area contributed by atoms with Gasteiger partial charge in [0.05, 0.1) is 5.69 Å². The minimum atomic E-state index is -3.50. The Labute approximate surface area is 108 Å². The summed E-state index contributed by atoms with van der Waals surface area (Å²) >= 11 is 0. The van der Waals surface area contributed by atoms with Crippen LogP contribution in [0.4, 0.5) is 11.4 Å². The molecule has 0 aromatic heterocycles. The van der Waals surface area contributed by atoms with Gasteiger partial charge in [-0.2, -0.15) is 0 Å². The predicted molar refractivity (Wildman–Crippen MR) is 72.1 cm³/mol. The first-order chi connectivity index (χ1) is 8.51. The summed E-state index contributed by atoms with van der Waals surface area (Å²) in [5.41, 5.74) is 6.74. The van der Waals surface area contributed by atoms with Gasteiger partial charge in [0, 0.05) is 25.9 Å². The molecule has 0 bridgehead atoms. The van der Waals surface area contributed by atoms with Gasteiger partial charge in [-0.15, -0.1) is 0 Å². The highest BCUT2D eigenvalue weighted by atomic mass is 32.2. The number of sulfonamides is 1. The zero-order valence-electron chi connectivity index (χ0n) is 10.6. The summed E-state index contributed by atoms with van der Waals surface area (Å²) in [6, 6.07) is 4.78. The summed E-state index contributed by atoms with van der Waals surface area (Å²) < 4.78 is 30.4. The van der Waals surface area contributed by atoms with Gasteiger partial charge in [0.25, 0.3) is 0 Å². The van der Waals surface area contributed by atoms with Crippen LogP contribution in [0.25, 0.3) is 0 Å². The second kappa shape index (κ2) is 6.58. The van der Waals surface area contributed by atoms with E-state index in [1.54, 1.807) is 19.2 Å². The summed E-state index contributed by atoms with van der Waals surface area (Å²) in [5.74, 6) is 0. The van der Waals surface area contributed by atoms with Gasteiger partial charge in [-0.3, -0.25) is 0 Å². The van der Waals surface area contributed by atoms with Gasteiger partial charge in [0.2, 0.25) is 10.0 Å². The highest BCUT2D eigenvalue weighted by molar-refractivity contribution is 7.89. The van der Waals surface area contributed by atoms with Crippen molar-refractivity contribution < 1.29 is 13.2 Å². The average Bonchev–Trinajstić information content (AvgIpc) is 2.34. The third kappa shape index (κ3) is 3.86. The molecule has 0 heterocycles. The molecular weight excluding hydrogens is 254 g/mol. The number of ether oxygens (including phenoxy) is 1. The molecule has 18 heavy (non-hydrogen) atoms. The van der Waals surface area contributed by atoms with E-state index in [-0.39, 0.29) is 10.6 Å². The Hall–Kier alpha value is -1.31. The third-order valence-corrected chi connectivity index (χ3v) is 3.91. The first-order valence-corrected chi connectivity index (χ1v) is 7.05. The van der Waals surface area contributed by atoms with Crippen LogP contribution < -0.4 is 15.8 Å². The van der Waals surface area contributed by atoms with E-state index in [9.17, 15) is 8.42 Å². The molecule has 1 rings (SSSR count). The monoisotopic (exact) mass is 273 g/mol. The summed E-state index contributed by atoms with van der Waals surface area (Å²) in [7, 11) is -0.496. The fraction of sp³-hybridized carbons (Fsp3) is 0.455. The second-order valence-electron chi connectivity index (χ2n) is 3.73. The number of benzene rings is 1. The molecule has 0 radical (unpaired) electrons. The molecule has 1 aromatic carbocycles. The first-order valence-electron chi connectivity index (χ1n) is 5.57. The van der Waals surface area contributed by atoms with Crippen molar-refractivity contribution in [2.45, 2.75) is 11.3 Å². The lowest BCUT2D eigenvalue weighted by molar-refractivity contribution is 0.198. The maximum absolute atomic E-state index is 11.6. The summed E-state index contributed by atoms with van der Waals surface area (Å²) in [6.45, 7) is 1.42. The Kier molecular flexibility index (Phi) is 5.39. The van der Waals surface area contributed by atoms with E-state index in [1.807, 2.05) is 0 Å². The quantitative estimate of drug-likeness (QED) is 0.500. The van der Waals surface area contributed by atoms with Gasteiger partial charge in [-0.05, 0) is 31.7 Å². The van der Waals surface area contributed by atoms with Gasteiger partial charge in [0.1, 0.15) is 4.90 Å². The van der Waals surface area contributed by atoms with Crippen molar-refractivity contribution in [3.05, 3.63) is 18.2 Å². The van der Waals surface area contributed by atoms with Crippen molar-refractivity contribution >= 4 is 21.4 Å². The number of hydrogen-bond acceptors (Lipinski definition) is 5. The molecule has 7 heteroatoms. The molecule has 0 saturated carbocycles. The average molecular weight is 273 g/mol. The molecule has 0 spiro atoms. The Bertz CT molecular complexity index is 488. The number of anilines is 2. The fourth-order valence-corrected chi connectivity index (χ4v) is 2.30. The lowest BCUT2D eigenvalue weighted by Gasteiger charge is -2.10. The molecule has 4 N–H and O–H groups in total. The van der Waals surface area contributed by atoms with Gasteiger partial charge in [0.15, 0.2) is 0 Å². The molecule has 0 atom stereocenters. The van der Waals surface area contributed by atoms with Crippen LogP contribution in [0.5, 0.6) is 0 Å². The van der Waals surface area contributed by atoms with E-state index >= 15 is 0 Å². The van der Waals surface area contributed by atoms with Crippen LogP contribution in [0.3, 0.4) is 0 Å². The zero-order chi connectivity index (χ0) is 13.6. The molecule has 0 aliphatic carbocycles. The van der Waals surface area contributed by atoms with Gasteiger partial charge in [-0.25, -0.2) is 13.1 Å². The van der Waals surface area contributed by atoms with Crippen LogP contribution in [0.2, 0.25) is 0 Å². The summed E-state index contributed by atoms with van der Waals surface area (Å²) in [4.78, 5) is 0.0902. The lowest BCUT2D eigenvalue weighted by atomic mass is 10.2. The van der Waals surface area contributed by atoms with Crippen molar-refractivity contribution in [1.29, 1.82) is 0 Å². The van der Waals surface area contributed by atoms with Crippen LogP contribution >= 0.6 is 0 Å². The largest absolute Gasteiger partial charge is 0.398 e. The smallest absolute Gasteiger partial charge is 0.242 e. The van der Waals surface area contributed by atoms with Crippen LogP contribution in [-0.4, -0.2) is 35.7 Å². The Morgan fingerprint density at radius 3 is 2.67 bits per heavy atom. The number of hydrogen-bond donors (Lipinski definition) is 3. The topological polar surface area (TPSA) is 93.5 Å². The van der Waals surface area contributed by atoms with Crippen molar-refractivity contribution in [3.8, 4) is 0 Å². The highest BCUT2D eigenvalue weighted by Gasteiger charge is 2.14. The molecular formula is C11H19N3O3S. The van der Waals surface area contributed by atoms with Crippen molar-refractivity contribution in [1.82, 2.24) is 4.72 Å². The number of rotatable bonds is 7. The Morgan fingerprint density at radius 2 is 2.11 bits per heavy atom. The molecule has 102 valence electrons. The molecule has 0 unspecified atom stereocenters. The molecule has 0 amide bonds. The molecule has 0 aliphatic heterocycles. The van der Waals surface area contributed by atoms with Crippen molar-refractivity contribution in [2.75, 3.05) is 38.4 Å². The van der Waals surface area contributed by atoms with E-state index in [1.165, 1.54) is 13.1 Å². The first kappa shape index (κ1) is 14.7. The minimum Gasteiger partial charge on any atom is -0.398 e. The van der Waals surface area contributed by atoms with E-state index < -0.39 is 10.0 Å². The Balaban J connectivity index is 2.74. The number of methoxy groups -OCH3 is 1. The van der Waals surface area contributed by atoms with Crippen molar-refractivity contribution in [3.63, 3.8) is 0 Å². The van der Waals surface area contributed by atoms with Crippen LogP contribution in [-0.2, 0) is 14.8 Å². The van der Waals surface area contributed by atoms with Crippen LogP contribution in [0, 0.1) is 0 Å². The van der Waals surface area contributed by atoms with Crippen LogP contribution in [0.15, 0.2) is 23.1 Å². The standard InChI is InChI=1S/C11H19N3O3S/c1-13-18(15,16)11-5-4-9(8-10(11)12)14-6-3-7-17-2/h4-5,8,13-14H,3,6-7,12H2,1-2H3. The molecule has 0 saturated heterocycles. The van der Waals surface area contributed by atoms with Gasteiger partial charge in [-0.1, -0.05) is 0 Å². The second-order valence-corrected chi connectivity index (χ2v) is 5.59. The maximum atomic E-state index is 11.6. The fourth-order valence-electron chi connectivity index (χ4n) is 1.46. The predicted octanol–water partition coefficient (Wildman–Crippen LogP) is 0.625. The van der Waals surface area contributed by atoms with Crippen molar-refractivity contribution in [2.24, 2.45) is 0 Å². The van der Waals surface area contributed by atoms with Gasteiger partial charge < -0.3 is 15.8 Å².